The molecular weight excluding hydrogens is 208 g/mol. The molecule has 0 aliphatic carbocycles. The topological polar surface area (TPSA) is 71.2 Å². The first-order valence-electron chi connectivity index (χ1n) is 5.19. The summed E-state index contributed by atoms with van der Waals surface area (Å²) in [5.74, 6) is -0.272. The minimum atomic E-state index is -0.330. The van der Waals surface area contributed by atoms with Crippen LogP contribution in [0.25, 0.3) is 0 Å². The van der Waals surface area contributed by atoms with E-state index >= 15 is 0 Å². The van der Waals surface area contributed by atoms with Gasteiger partial charge < -0.3 is 15.0 Å². The maximum absolute atomic E-state index is 11.8. The van der Waals surface area contributed by atoms with Gasteiger partial charge in [0.25, 0.3) is 5.91 Å². The van der Waals surface area contributed by atoms with Gasteiger partial charge in [0.2, 0.25) is 5.56 Å². The van der Waals surface area contributed by atoms with Gasteiger partial charge in [-0.15, -0.1) is 0 Å². The molecule has 0 spiro atoms. The molecule has 1 aliphatic rings. The van der Waals surface area contributed by atoms with Crippen molar-refractivity contribution >= 4 is 5.91 Å². The van der Waals surface area contributed by atoms with Crippen LogP contribution in [0.1, 0.15) is 23.8 Å². The molecule has 0 aromatic carbocycles. The lowest BCUT2D eigenvalue weighted by Crippen LogP contribution is -2.46. The summed E-state index contributed by atoms with van der Waals surface area (Å²) < 4.78 is 5.23. The van der Waals surface area contributed by atoms with E-state index in [0.717, 1.165) is 6.42 Å². The fourth-order valence-electron chi connectivity index (χ4n) is 1.69. The van der Waals surface area contributed by atoms with E-state index in [-0.39, 0.29) is 22.7 Å². The lowest BCUT2D eigenvalue weighted by Gasteiger charge is -2.23. The minimum Gasteiger partial charge on any atom is -0.379 e. The number of aromatic nitrogens is 1. The number of aromatic amines is 1. The molecule has 5 heteroatoms. The van der Waals surface area contributed by atoms with Crippen LogP contribution >= 0.6 is 0 Å². The summed E-state index contributed by atoms with van der Waals surface area (Å²) in [5.41, 5.74) is -0.329. The van der Waals surface area contributed by atoms with Gasteiger partial charge in [0.05, 0.1) is 12.1 Å². The van der Waals surface area contributed by atoms with E-state index in [9.17, 15) is 9.59 Å². The standard InChI is InChI=1S/C11H14N2O3/c1-11(5-6-16-7-11)13-10(15)8-3-2-4-9(14)12-8/h2-4H,5-7H2,1H3,(H,12,14)(H,13,15). The van der Waals surface area contributed by atoms with Crippen molar-refractivity contribution in [2.45, 2.75) is 18.9 Å². The lowest BCUT2D eigenvalue weighted by atomic mass is 10.0. The second-order valence-electron chi connectivity index (χ2n) is 4.25. The zero-order chi connectivity index (χ0) is 11.6. The van der Waals surface area contributed by atoms with Gasteiger partial charge in [-0.05, 0) is 19.4 Å². The number of nitrogens with one attached hydrogen (secondary N) is 2. The fraction of sp³-hybridized carbons (Fsp3) is 0.455. The van der Waals surface area contributed by atoms with Crippen molar-refractivity contribution in [3.05, 3.63) is 34.2 Å². The van der Waals surface area contributed by atoms with Crippen LogP contribution < -0.4 is 10.9 Å². The summed E-state index contributed by atoms with van der Waals surface area (Å²) >= 11 is 0. The molecule has 1 atom stereocenters. The summed E-state index contributed by atoms with van der Waals surface area (Å²) in [5, 5.41) is 2.86. The predicted octanol–water partition coefficient (Wildman–Crippen LogP) is 0.284. The highest BCUT2D eigenvalue weighted by molar-refractivity contribution is 5.92. The second-order valence-corrected chi connectivity index (χ2v) is 4.25. The summed E-state index contributed by atoms with van der Waals surface area (Å²) in [6.07, 6.45) is 0.788. The molecule has 2 heterocycles. The normalized spacial score (nSPS) is 24.3. The Balaban J connectivity index is 2.11. The van der Waals surface area contributed by atoms with Crippen LogP contribution in [-0.2, 0) is 4.74 Å². The molecule has 1 fully saturated rings. The maximum Gasteiger partial charge on any atom is 0.268 e. The van der Waals surface area contributed by atoms with E-state index in [4.69, 9.17) is 4.74 Å². The van der Waals surface area contributed by atoms with Crippen molar-refractivity contribution in [3.8, 4) is 0 Å². The van der Waals surface area contributed by atoms with E-state index in [1.54, 1.807) is 12.1 Å². The second kappa shape index (κ2) is 4.09. The van der Waals surface area contributed by atoms with E-state index in [1.807, 2.05) is 6.92 Å². The molecule has 1 aromatic rings. The van der Waals surface area contributed by atoms with Crippen molar-refractivity contribution in [1.29, 1.82) is 0 Å². The van der Waals surface area contributed by atoms with Crippen LogP contribution in [0.15, 0.2) is 23.0 Å². The van der Waals surface area contributed by atoms with Crippen molar-refractivity contribution in [3.63, 3.8) is 0 Å². The van der Waals surface area contributed by atoms with Gasteiger partial charge in [0.15, 0.2) is 0 Å². The Morgan fingerprint density at radius 2 is 2.38 bits per heavy atom. The Kier molecular flexibility index (Phi) is 2.78. The third-order valence-corrected chi connectivity index (χ3v) is 2.65. The fourth-order valence-corrected chi connectivity index (χ4v) is 1.69. The van der Waals surface area contributed by atoms with E-state index < -0.39 is 0 Å². The number of ether oxygens (including phenoxy) is 1. The van der Waals surface area contributed by atoms with Crippen molar-refractivity contribution < 1.29 is 9.53 Å². The van der Waals surface area contributed by atoms with E-state index in [2.05, 4.69) is 10.3 Å². The first kappa shape index (κ1) is 10.9. The quantitative estimate of drug-likeness (QED) is 0.755. The zero-order valence-corrected chi connectivity index (χ0v) is 9.08. The predicted molar refractivity (Wildman–Crippen MR) is 58.4 cm³/mol. The van der Waals surface area contributed by atoms with Crippen LogP contribution in [0.3, 0.4) is 0 Å². The van der Waals surface area contributed by atoms with Gasteiger partial charge >= 0.3 is 0 Å². The molecule has 2 rings (SSSR count). The number of carbonyl (C=O) groups is 1. The zero-order valence-electron chi connectivity index (χ0n) is 9.08. The number of H-pyrrole nitrogens is 1. The largest absolute Gasteiger partial charge is 0.379 e. The molecule has 1 saturated heterocycles. The molecule has 1 aliphatic heterocycles. The van der Waals surface area contributed by atoms with Crippen LogP contribution in [0.4, 0.5) is 0 Å². The Labute approximate surface area is 92.8 Å². The molecule has 0 bridgehead atoms. The van der Waals surface area contributed by atoms with Crippen LogP contribution in [0.5, 0.6) is 0 Å². The number of rotatable bonds is 2. The molecule has 1 amide bonds. The third-order valence-electron chi connectivity index (χ3n) is 2.65. The average Bonchev–Trinajstić information content (AvgIpc) is 2.65. The SMILES string of the molecule is CC1(NC(=O)c2cccc(=O)[nH]2)CCOC1. The van der Waals surface area contributed by atoms with E-state index in [0.29, 0.717) is 13.2 Å². The molecule has 2 N–H and O–H groups in total. The number of hydrogen-bond acceptors (Lipinski definition) is 3. The van der Waals surface area contributed by atoms with Gasteiger partial charge in [-0.2, -0.15) is 0 Å². The average molecular weight is 222 g/mol. The van der Waals surface area contributed by atoms with Gasteiger partial charge in [-0.1, -0.05) is 6.07 Å². The summed E-state index contributed by atoms with van der Waals surface area (Å²) in [6.45, 7) is 3.09. The summed E-state index contributed by atoms with van der Waals surface area (Å²) in [4.78, 5) is 25.4. The Hall–Kier alpha value is -1.62. The monoisotopic (exact) mass is 222 g/mol. The smallest absolute Gasteiger partial charge is 0.268 e. The first-order chi connectivity index (χ1) is 7.59. The Bertz CT molecular complexity index is 447. The molecule has 16 heavy (non-hydrogen) atoms. The van der Waals surface area contributed by atoms with Gasteiger partial charge in [0.1, 0.15) is 5.69 Å². The molecule has 5 nitrogen and oxygen atoms in total. The van der Waals surface area contributed by atoms with Gasteiger partial charge in [-0.3, -0.25) is 9.59 Å². The Morgan fingerprint density at radius 1 is 1.56 bits per heavy atom. The molecular formula is C11H14N2O3. The van der Waals surface area contributed by atoms with Crippen LogP contribution in [0, 0.1) is 0 Å². The number of amides is 1. The molecule has 1 aromatic heterocycles. The van der Waals surface area contributed by atoms with Crippen LogP contribution in [-0.4, -0.2) is 29.6 Å². The van der Waals surface area contributed by atoms with Crippen molar-refractivity contribution in [2.75, 3.05) is 13.2 Å². The molecule has 0 saturated carbocycles. The molecule has 86 valence electrons. The highest BCUT2D eigenvalue weighted by atomic mass is 16.5. The summed E-state index contributed by atoms with van der Waals surface area (Å²) in [6, 6.07) is 4.51. The van der Waals surface area contributed by atoms with Crippen molar-refractivity contribution in [1.82, 2.24) is 10.3 Å². The lowest BCUT2D eigenvalue weighted by molar-refractivity contribution is 0.0884. The number of pyridine rings is 1. The maximum atomic E-state index is 11.8. The van der Waals surface area contributed by atoms with E-state index in [1.165, 1.54) is 6.07 Å². The van der Waals surface area contributed by atoms with Gasteiger partial charge in [0, 0.05) is 12.7 Å². The van der Waals surface area contributed by atoms with Crippen LogP contribution in [0.2, 0.25) is 0 Å². The third kappa shape index (κ3) is 2.30. The number of carbonyl (C=O) groups excluding carboxylic acids is 1. The first-order valence-corrected chi connectivity index (χ1v) is 5.19. The number of hydrogen-bond donors (Lipinski definition) is 2. The van der Waals surface area contributed by atoms with Crippen molar-refractivity contribution in [2.24, 2.45) is 0 Å². The summed E-state index contributed by atoms with van der Waals surface area (Å²) in [7, 11) is 0. The highest BCUT2D eigenvalue weighted by Crippen LogP contribution is 2.17. The minimum absolute atomic E-state index is 0.272. The molecule has 1 unspecified atom stereocenters. The Morgan fingerprint density at radius 3 is 3.00 bits per heavy atom. The molecule has 0 radical (unpaired) electrons. The highest BCUT2D eigenvalue weighted by Gasteiger charge is 2.31. The van der Waals surface area contributed by atoms with Gasteiger partial charge in [-0.25, -0.2) is 0 Å².